The van der Waals surface area contributed by atoms with Crippen molar-refractivity contribution in [3.63, 3.8) is 0 Å². The van der Waals surface area contributed by atoms with Crippen LogP contribution in [0.25, 0.3) is 22.3 Å². The van der Waals surface area contributed by atoms with Gasteiger partial charge in [-0.05, 0) is 82.6 Å². The molecule has 21 heteroatoms. The van der Waals surface area contributed by atoms with Crippen LogP contribution in [-0.4, -0.2) is 76.2 Å². The van der Waals surface area contributed by atoms with E-state index in [1.165, 1.54) is 18.5 Å². The number of benzene rings is 2. The standard InChI is InChI=1S/2C25H24F2N4O3.C5H3F2N.C2H6/c2*1-24(2,3)12-33-20-10-17-21(23(27)30-20)34-18-7-6-14(15-5-4-8-29-22(15)26)9-16(18)25(17)13-32-11-19(28)31-25;6-4-2-1-3-5(7)8-4;1-2/h2*4-10H,11-13H2,1-3H3,(H2,28,31);1-3H;1-2H3/t2*25-;;/m10../s1. The van der Waals surface area contributed by atoms with Crippen molar-refractivity contribution >= 4 is 11.7 Å². The van der Waals surface area contributed by atoms with E-state index in [4.69, 9.17) is 49.9 Å². The summed E-state index contributed by atoms with van der Waals surface area (Å²) in [5.74, 6) is -3.17. The van der Waals surface area contributed by atoms with Gasteiger partial charge in [0.2, 0.25) is 35.6 Å². The Morgan fingerprint density at radius 2 is 0.923 bits per heavy atom. The molecule has 15 nitrogen and oxygen atoms in total. The van der Waals surface area contributed by atoms with Gasteiger partial charge in [-0.3, -0.25) is 9.98 Å². The number of fused-ring (bicyclic) bond motifs is 8. The topological polar surface area (TPSA) is 197 Å². The highest BCUT2D eigenvalue weighted by molar-refractivity contribution is 5.85. The summed E-state index contributed by atoms with van der Waals surface area (Å²) in [6.07, 6.45) is 2.76. The van der Waals surface area contributed by atoms with E-state index in [0.717, 1.165) is 12.1 Å². The number of amidine groups is 2. The average molecular weight is 1080 g/mol. The number of halogens is 6. The zero-order chi connectivity index (χ0) is 56.2. The molecule has 408 valence electrons. The number of pyridine rings is 5. The van der Waals surface area contributed by atoms with Crippen molar-refractivity contribution in [1.29, 1.82) is 0 Å². The number of nitrogens with two attached hydrogens (primary N) is 2. The third kappa shape index (κ3) is 12.2. The summed E-state index contributed by atoms with van der Waals surface area (Å²) in [5.41, 5.74) is 13.1. The lowest BCUT2D eigenvalue weighted by molar-refractivity contribution is 0.108. The molecule has 4 N–H and O–H groups in total. The van der Waals surface area contributed by atoms with Crippen LogP contribution in [0.5, 0.6) is 34.8 Å². The second kappa shape index (κ2) is 22.8. The molecule has 7 aromatic rings. The van der Waals surface area contributed by atoms with Gasteiger partial charge in [-0.1, -0.05) is 73.6 Å². The number of ether oxygens (including phenoxy) is 6. The molecule has 5 aromatic heterocycles. The second-order valence-corrected chi connectivity index (χ2v) is 20.5. The van der Waals surface area contributed by atoms with Crippen LogP contribution in [0.1, 0.15) is 77.6 Å². The van der Waals surface area contributed by atoms with Crippen molar-refractivity contribution in [2.45, 2.75) is 66.5 Å². The first-order chi connectivity index (χ1) is 37.1. The molecule has 78 heavy (non-hydrogen) atoms. The molecular formula is C57H57F6N9O6. The summed E-state index contributed by atoms with van der Waals surface area (Å²) in [5, 5.41) is 0. The van der Waals surface area contributed by atoms with Gasteiger partial charge in [-0.2, -0.15) is 41.3 Å². The van der Waals surface area contributed by atoms with Gasteiger partial charge in [0.05, 0.1) is 26.4 Å². The van der Waals surface area contributed by atoms with E-state index in [0.29, 0.717) is 69.2 Å². The largest absolute Gasteiger partial charge is 0.477 e. The van der Waals surface area contributed by atoms with E-state index in [-0.39, 0.29) is 72.2 Å². The molecule has 9 heterocycles. The van der Waals surface area contributed by atoms with Crippen molar-refractivity contribution < 1.29 is 54.8 Å². The zero-order valence-corrected chi connectivity index (χ0v) is 44.1. The van der Waals surface area contributed by atoms with Crippen molar-refractivity contribution in [3.05, 3.63) is 161 Å². The quantitative estimate of drug-likeness (QED) is 0.118. The van der Waals surface area contributed by atoms with Crippen LogP contribution in [0, 0.1) is 46.5 Å². The Labute approximate surface area is 446 Å². The van der Waals surface area contributed by atoms with Crippen LogP contribution < -0.4 is 30.4 Å². The molecule has 0 fully saturated rings. The maximum Gasteiger partial charge on any atom is 0.259 e. The Morgan fingerprint density at radius 3 is 1.27 bits per heavy atom. The lowest BCUT2D eigenvalue weighted by atomic mass is 9.80. The predicted octanol–water partition coefficient (Wildman–Crippen LogP) is 11.6. The molecular weight excluding hydrogens is 1020 g/mol. The van der Waals surface area contributed by atoms with Crippen LogP contribution >= 0.6 is 0 Å². The van der Waals surface area contributed by atoms with Crippen molar-refractivity contribution in [2.24, 2.45) is 32.3 Å². The maximum absolute atomic E-state index is 15.2. The number of hydrogen-bond donors (Lipinski definition) is 2. The van der Waals surface area contributed by atoms with Gasteiger partial charge >= 0.3 is 0 Å². The normalized spacial score (nSPS) is 17.7. The van der Waals surface area contributed by atoms with Crippen LogP contribution in [0.4, 0.5) is 26.3 Å². The minimum absolute atomic E-state index is 0.0713. The fraction of sp³-hybridized carbons (Fsp3) is 0.316. The lowest BCUT2D eigenvalue weighted by Gasteiger charge is -2.39. The monoisotopic (exact) mass is 1080 g/mol. The molecule has 2 aromatic carbocycles. The Kier molecular flexibility index (Phi) is 16.4. The average Bonchev–Trinajstić information content (AvgIpc) is 3.59. The fourth-order valence-corrected chi connectivity index (χ4v) is 8.59. The van der Waals surface area contributed by atoms with Crippen LogP contribution in [-0.2, 0) is 20.6 Å². The van der Waals surface area contributed by atoms with E-state index in [1.54, 1.807) is 72.8 Å². The van der Waals surface area contributed by atoms with Crippen LogP contribution in [0.3, 0.4) is 0 Å². The Bertz CT molecular complexity index is 3190. The summed E-state index contributed by atoms with van der Waals surface area (Å²) >= 11 is 0. The summed E-state index contributed by atoms with van der Waals surface area (Å²) in [4.78, 5) is 27.7. The minimum atomic E-state index is -1.22. The number of hydrogen-bond acceptors (Lipinski definition) is 15. The van der Waals surface area contributed by atoms with E-state index < -0.39 is 46.8 Å². The summed E-state index contributed by atoms with van der Waals surface area (Å²) in [6, 6.07) is 23.4. The first-order valence-corrected chi connectivity index (χ1v) is 24.8. The third-order valence-corrected chi connectivity index (χ3v) is 11.9. The number of rotatable bonds is 6. The van der Waals surface area contributed by atoms with Gasteiger partial charge in [0.25, 0.3) is 11.9 Å². The van der Waals surface area contributed by atoms with Gasteiger partial charge in [0, 0.05) is 57.9 Å². The molecule has 2 atom stereocenters. The Morgan fingerprint density at radius 1 is 0.513 bits per heavy atom. The number of aromatic nitrogens is 5. The lowest BCUT2D eigenvalue weighted by Crippen LogP contribution is -2.42. The fourth-order valence-electron chi connectivity index (χ4n) is 8.59. The van der Waals surface area contributed by atoms with E-state index in [2.05, 4.69) is 24.9 Å². The van der Waals surface area contributed by atoms with E-state index in [9.17, 15) is 17.6 Å². The highest BCUT2D eigenvalue weighted by atomic mass is 19.2. The van der Waals surface area contributed by atoms with E-state index >= 15 is 8.78 Å². The number of nitrogens with zero attached hydrogens (tertiary/aromatic N) is 7. The van der Waals surface area contributed by atoms with Crippen LogP contribution in [0.15, 0.2) is 113 Å². The molecule has 0 aliphatic carbocycles. The smallest absolute Gasteiger partial charge is 0.259 e. The molecule has 0 saturated heterocycles. The molecule has 0 radical (unpaired) electrons. The maximum atomic E-state index is 15.2. The highest BCUT2D eigenvalue weighted by Gasteiger charge is 2.48. The van der Waals surface area contributed by atoms with E-state index in [1.807, 2.05) is 55.4 Å². The van der Waals surface area contributed by atoms with Gasteiger partial charge in [-0.15, -0.1) is 0 Å². The zero-order valence-electron chi connectivity index (χ0n) is 44.1. The Balaban J connectivity index is 0.000000175. The molecule has 4 aliphatic rings. The molecule has 2 spiro atoms. The SMILES string of the molecule is CC.CC(C)(C)COc1cc2c(c(F)n1)Oc1ccc(-c3cccnc3F)cc1[C@@]21COCC(N)=N1.CC(C)(C)COc1cc2c(c(F)n1)Oc1ccc(-c3cccnc3F)cc1[C@]21COCC(N)=N1.Fc1cccc(F)n1. The minimum Gasteiger partial charge on any atom is -0.477 e. The molecule has 0 saturated carbocycles. The van der Waals surface area contributed by atoms with Crippen molar-refractivity contribution in [1.82, 2.24) is 24.9 Å². The summed E-state index contributed by atoms with van der Waals surface area (Å²) < 4.78 is 118. The number of aliphatic imine (C=N–C) groups is 2. The predicted molar refractivity (Wildman–Crippen MR) is 280 cm³/mol. The third-order valence-electron chi connectivity index (χ3n) is 11.9. The first-order valence-electron chi connectivity index (χ1n) is 24.8. The summed E-state index contributed by atoms with van der Waals surface area (Å²) in [6.45, 7) is 17.1. The molecule has 0 bridgehead atoms. The molecule has 0 amide bonds. The Hall–Kier alpha value is -8.17. The first kappa shape index (κ1) is 56.0. The second-order valence-electron chi connectivity index (χ2n) is 20.5. The highest BCUT2D eigenvalue weighted by Crippen LogP contribution is 2.54. The van der Waals surface area contributed by atoms with Gasteiger partial charge < -0.3 is 39.9 Å². The van der Waals surface area contributed by atoms with Crippen molar-refractivity contribution in [2.75, 3.05) is 39.6 Å². The van der Waals surface area contributed by atoms with Gasteiger partial charge in [-0.25, -0.2) is 9.97 Å². The van der Waals surface area contributed by atoms with Crippen LogP contribution in [0.2, 0.25) is 0 Å². The molecule has 4 aliphatic heterocycles. The van der Waals surface area contributed by atoms with Crippen molar-refractivity contribution in [3.8, 4) is 57.0 Å². The summed E-state index contributed by atoms with van der Waals surface area (Å²) in [7, 11) is 0. The molecule has 11 rings (SSSR count). The van der Waals surface area contributed by atoms with Gasteiger partial charge in [0.1, 0.15) is 47.5 Å². The molecule has 0 unspecified atom stereocenters. The van der Waals surface area contributed by atoms with Gasteiger partial charge in [0.15, 0.2) is 11.5 Å².